The van der Waals surface area contributed by atoms with Gasteiger partial charge in [0.25, 0.3) is 0 Å². The van der Waals surface area contributed by atoms with Gasteiger partial charge in [0.15, 0.2) is 0 Å². The van der Waals surface area contributed by atoms with E-state index in [1.807, 2.05) is 24.3 Å². The van der Waals surface area contributed by atoms with Crippen LogP contribution in [0.3, 0.4) is 0 Å². The number of hydrogen-bond acceptors (Lipinski definition) is 2. The molecule has 1 fully saturated rings. The Labute approximate surface area is 120 Å². The molecule has 102 valence electrons. The highest BCUT2D eigenvalue weighted by Crippen LogP contribution is 2.18. The van der Waals surface area contributed by atoms with Crippen molar-refractivity contribution < 1.29 is 9.47 Å². The molecule has 1 aliphatic heterocycles. The molecule has 0 amide bonds. The molecule has 1 saturated heterocycles. The summed E-state index contributed by atoms with van der Waals surface area (Å²) in [6.07, 6.45) is 2.92. The first-order chi connectivity index (χ1) is 9.38. The molecule has 0 N–H and O–H groups in total. The van der Waals surface area contributed by atoms with Gasteiger partial charge in [-0.2, -0.15) is 0 Å². The molecule has 0 saturated carbocycles. The Hall–Kier alpha value is -1.17. The van der Waals surface area contributed by atoms with E-state index in [4.69, 9.17) is 21.1 Å². The van der Waals surface area contributed by atoms with Crippen molar-refractivity contribution in [2.24, 2.45) is 5.92 Å². The lowest BCUT2D eigenvalue weighted by Crippen LogP contribution is -2.21. The summed E-state index contributed by atoms with van der Waals surface area (Å²) in [5, 5.41) is 0. The van der Waals surface area contributed by atoms with E-state index in [9.17, 15) is 0 Å². The van der Waals surface area contributed by atoms with Crippen molar-refractivity contribution in [3.05, 3.63) is 29.8 Å². The highest BCUT2D eigenvalue weighted by Gasteiger charge is 2.14. The smallest absolute Gasteiger partial charge is 0.119 e. The van der Waals surface area contributed by atoms with Gasteiger partial charge in [0, 0.05) is 31.1 Å². The van der Waals surface area contributed by atoms with Crippen LogP contribution in [0.2, 0.25) is 0 Å². The van der Waals surface area contributed by atoms with Crippen molar-refractivity contribution in [3.8, 4) is 17.6 Å². The lowest BCUT2D eigenvalue weighted by Gasteiger charge is -2.22. The lowest BCUT2D eigenvalue weighted by atomic mass is 10.0. The molecule has 0 aromatic heterocycles. The van der Waals surface area contributed by atoms with Crippen molar-refractivity contribution >= 4 is 11.6 Å². The van der Waals surface area contributed by atoms with Crippen LogP contribution in [0.5, 0.6) is 5.75 Å². The van der Waals surface area contributed by atoms with Crippen LogP contribution in [0.25, 0.3) is 0 Å². The summed E-state index contributed by atoms with van der Waals surface area (Å²) in [4.78, 5) is 0. The van der Waals surface area contributed by atoms with Crippen LogP contribution in [0.15, 0.2) is 24.3 Å². The minimum Gasteiger partial charge on any atom is -0.493 e. The molecular formula is C16H19ClO2. The Morgan fingerprint density at radius 3 is 2.63 bits per heavy atom. The normalized spacial score (nSPS) is 15.6. The molecular weight excluding hydrogens is 260 g/mol. The van der Waals surface area contributed by atoms with Gasteiger partial charge in [-0.1, -0.05) is 11.8 Å². The van der Waals surface area contributed by atoms with Crippen molar-refractivity contribution in [1.82, 2.24) is 0 Å². The Kier molecular flexibility index (Phi) is 6.07. The van der Waals surface area contributed by atoms with Gasteiger partial charge in [-0.05, 0) is 43.0 Å². The Balaban J connectivity index is 1.80. The fourth-order valence-electron chi connectivity index (χ4n) is 1.97. The van der Waals surface area contributed by atoms with Crippen molar-refractivity contribution in [3.63, 3.8) is 0 Å². The predicted octanol–water partition coefficient (Wildman–Crippen LogP) is 3.47. The molecule has 0 spiro atoms. The maximum Gasteiger partial charge on any atom is 0.119 e. The first-order valence-corrected chi connectivity index (χ1v) is 7.27. The second kappa shape index (κ2) is 8.09. The van der Waals surface area contributed by atoms with Gasteiger partial charge in [0.2, 0.25) is 0 Å². The molecule has 0 bridgehead atoms. The SMILES string of the molecule is ClCCC#Cc1ccc(OCC2CCOCC2)cc1. The third-order valence-electron chi connectivity index (χ3n) is 3.13. The molecule has 1 heterocycles. The maximum absolute atomic E-state index is 5.80. The highest BCUT2D eigenvalue weighted by atomic mass is 35.5. The van der Waals surface area contributed by atoms with Crippen LogP contribution >= 0.6 is 11.6 Å². The van der Waals surface area contributed by atoms with Crippen molar-refractivity contribution in [1.29, 1.82) is 0 Å². The summed E-state index contributed by atoms with van der Waals surface area (Å²) in [5.41, 5.74) is 1.00. The van der Waals surface area contributed by atoms with Crippen LogP contribution in [0.1, 0.15) is 24.8 Å². The monoisotopic (exact) mass is 278 g/mol. The molecule has 0 unspecified atom stereocenters. The van der Waals surface area contributed by atoms with Gasteiger partial charge in [0.05, 0.1) is 6.61 Å². The highest BCUT2D eigenvalue weighted by molar-refractivity contribution is 6.18. The number of benzene rings is 1. The second-order valence-corrected chi connectivity index (χ2v) is 5.01. The fourth-order valence-corrected chi connectivity index (χ4v) is 2.07. The topological polar surface area (TPSA) is 18.5 Å². The maximum atomic E-state index is 5.80. The molecule has 19 heavy (non-hydrogen) atoms. The lowest BCUT2D eigenvalue weighted by molar-refractivity contribution is 0.0497. The van der Waals surface area contributed by atoms with Crippen molar-refractivity contribution in [2.45, 2.75) is 19.3 Å². The Morgan fingerprint density at radius 2 is 1.95 bits per heavy atom. The van der Waals surface area contributed by atoms with Crippen LogP contribution < -0.4 is 4.74 Å². The van der Waals surface area contributed by atoms with E-state index in [1.54, 1.807) is 0 Å². The molecule has 2 nitrogen and oxygen atoms in total. The third-order valence-corrected chi connectivity index (χ3v) is 3.32. The van der Waals surface area contributed by atoms with E-state index in [2.05, 4.69) is 11.8 Å². The number of rotatable bonds is 4. The van der Waals surface area contributed by atoms with Gasteiger partial charge < -0.3 is 9.47 Å². The average Bonchev–Trinajstić information content (AvgIpc) is 2.48. The standard InChI is InChI=1S/C16H19ClO2/c17-10-2-1-3-14-4-6-16(7-5-14)19-13-15-8-11-18-12-9-15/h4-7,15H,2,8-13H2. The molecule has 2 rings (SSSR count). The zero-order valence-corrected chi connectivity index (χ0v) is 11.8. The van der Waals surface area contributed by atoms with Crippen molar-refractivity contribution in [2.75, 3.05) is 25.7 Å². The van der Waals surface area contributed by atoms with Gasteiger partial charge in [-0.15, -0.1) is 11.6 Å². The van der Waals surface area contributed by atoms with Gasteiger partial charge in [0.1, 0.15) is 5.75 Å². The summed E-state index contributed by atoms with van der Waals surface area (Å²) >= 11 is 5.58. The molecule has 1 aromatic rings. The minimum atomic E-state index is 0.583. The van der Waals surface area contributed by atoms with Gasteiger partial charge in [-0.3, -0.25) is 0 Å². The zero-order valence-electron chi connectivity index (χ0n) is 11.0. The first-order valence-electron chi connectivity index (χ1n) is 6.74. The third kappa shape index (κ3) is 5.14. The summed E-state index contributed by atoms with van der Waals surface area (Å²) in [6, 6.07) is 7.93. The van der Waals surface area contributed by atoms with E-state index in [-0.39, 0.29) is 0 Å². The number of halogens is 1. The van der Waals surface area contributed by atoms with Crippen LogP contribution in [0, 0.1) is 17.8 Å². The molecule has 0 aliphatic carbocycles. The largest absolute Gasteiger partial charge is 0.493 e. The van der Waals surface area contributed by atoms with E-state index < -0.39 is 0 Å². The summed E-state index contributed by atoms with van der Waals surface area (Å²) in [7, 11) is 0. The fraction of sp³-hybridized carbons (Fsp3) is 0.500. The van der Waals surface area contributed by atoms with Crippen LogP contribution in [0.4, 0.5) is 0 Å². The molecule has 1 aliphatic rings. The first kappa shape index (κ1) is 14.2. The molecule has 1 aromatic carbocycles. The van der Waals surface area contributed by atoms with Gasteiger partial charge >= 0.3 is 0 Å². The number of alkyl halides is 1. The summed E-state index contributed by atoms with van der Waals surface area (Å²) in [5.74, 6) is 8.21. The van der Waals surface area contributed by atoms with E-state index >= 15 is 0 Å². The van der Waals surface area contributed by atoms with E-state index in [1.165, 1.54) is 0 Å². The zero-order chi connectivity index (χ0) is 13.3. The average molecular weight is 279 g/mol. The number of hydrogen-bond donors (Lipinski definition) is 0. The Morgan fingerprint density at radius 1 is 1.21 bits per heavy atom. The number of ether oxygens (including phenoxy) is 2. The van der Waals surface area contributed by atoms with E-state index in [0.717, 1.165) is 50.4 Å². The quantitative estimate of drug-likeness (QED) is 0.620. The summed E-state index contributed by atoms with van der Waals surface area (Å²) < 4.78 is 11.1. The van der Waals surface area contributed by atoms with Crippen LogP contribution in [-0.2, 0) is 4.74 Å². The minimum absolute atomic E-state index is 0.583. The van der Waals surface area contributed by atoms with Gasteiger partial charge in [-0.25, -0.2) is 0 Å². The summed E-state index contributed by atoms with van der Waals surface area (Å²) in [6.45, 7) is 2.51. The predicted molar refractivity (Wildman–Crippen MR) is 77.7 cm³/mol. The van der Waals surface area contributed by atoms with E-state index in [0.29, 0.717) is 11.8 Å². The molecule has 3 heteroatoms. The molecule has 0 atom stereocenters. The second-order valence-electron chi connectivity index (χ2n) is 4.63. The Bertz CT molecular complexity index is 424. The van der Waals surface area contributed by atoms with Crippen LogP contribution in [-0.4, -0.2) is 25.7 Å². The molecule has 0 radical (unpaired) electrons.